The van der Waals surface area contributed by atoms with Gasteiger partial charge in [0, 0.05) is 19.1 Å². The van der Waals surface area contributed by atoms with Crippen molar-refractivity contribution in [3.8, 4) is 0 Å². The van der Waals surface area contributed by atoms with Gasteiger partial charge < -0.3 is 15.4 Å². The smallest absolute Gasteiger partial charge is 0.0844 e. The molecule has 2 saturated carbocycles. The number of ether oxygens (including phenoxy) is 1. The van der Waals surface area contributed by atoms with E-state index >= 15 is 0 Å². The van der Waals surface area contributed by atoms with Crippen LogP contribution in [-0.4, -0.2) is 36.9 Å². The molecule has 1 aliphatic heterocycles. The van der Waals surface area contributed by atoms with Crippen molar-refractivity contribution in [1.82, 2.24) is 10.6 Å². The molecule has 3 heteroatoms. The monoisotopic (exact) mass is 314 g/mol. The van der Waals surface area contributed by atoms with Crippen molar-refractivity contribution in [3.63, 3.8) is 0 Å². The second kappa shape index (κ2) is 6.19. The van der Waals surface area contributed by atoms with Gasteiger partial charge in [-0.15, -0.1) is 0 Å². The molecule has 1 aromatic rings. The number of hydrogen-bond acceptors (Lipinski definition) is 3. The van der Waals surface area contributed by atoms with Crippen LogP contribution in [0.5, 0.6) is 0 Å². The minimum absolute atomic E-state index is 0.126. The van der Waals surface area contributed by atoms with E-state index in [-0.39, 0.29) is 11.2 Å². The highest BCUT2D eigenvalue weighted by Gasteiger charge is 2.58. The average Bonchev–Trinajstić information content (AvgIpc) is 3.18. The molecule has 1 heterocycles. The van der Waals surface area contributed by atoms with Gasteiger partial charge >= 0.3 is 0 Å². The van der Waals surface area contributed by atoms with Gasteiger partial charge in [0.1, 0.15) is 0 Å². The summed E-state index contributed by atoms with van der Waals surface area (Å²) < 4.78 is 6.66. The summed E-state index contributed by atoms with van der Waals surface area (Å²) in [4.78, 5) is 0. The van der Waals surface area contributed by atoms with Crippen LogP contribution >= 0.6 is 0 Å². The molecule has 3 aliphatic rings. The molecule has 23 heavy (non-hydrogen) atoms. The van der Waals surface area contributed by atoms with Gasteiger partial charge in [-0.1, -0.05) is 37.3 Å². The van der Waals surface area contributed by atoms with E-state index in [1.165, 1.54) is 37.7 Å². The lowest BCUT2D eigenvalue weighted by molar-refractivity contribution is -0.154. The highest BCUT2D eigenvalue weighted by atomic mass is 16.5. The fourth-order valence-electron chi connectivity index (χ4n) is 4.55. The van der Waals surface area contributed by atoms with Gasteiger partial charge in [-0.25, -0.2) is 0 Å². The van der Waals surface area contributed by atoms with Gasteiger partial charge in [-0.2, -0.15) is 0 Å². The Bertz CT molecular complexity index is 524. The first kappa shape index (κ1) is 15.6. The SMILES string of the molecule is CC1CC12CNCC1(CCC(NCCc3ccccc3)CC1)O2. The minimum atomic E-state index is 0.126. The molecule has 2 atom stereocenters. The maximum atomic E-state index is 6.66. The predicted octanol–water partition coefficient (Wildman–Crippen LogP) is 2.90. The molecule has 1 aromatic carbocycles. The molecule has 0 bridgehead atoms. The van der Waals surface area contributed by atoms with E-state index in [0.717, 1.165) is 32.0 Å². The zero-order valence-electron chi connectivity index (χ0n) is 14.3. The first-order chi connectivity index (χ1) is 11.2. The maximum absolute atomic E-state index is 6.66. The molecule has 2 spiro atoms. The summed E-state index contributed by atoms with van der Waals surface area (Å²) >= 11 is 0. The second-order valence-corrected chi connectivity index (χ2v) is 8.02. The van der Waals surface area contributed by atoms with Crippen LogP contribution in [0, 0.1) is 5.92 Å². The highest BCUT2D eigenvalue weighted by Crippen LogP contribution is 2.52. The van der Waals surface area contributed by atoms with Crippen LogP contribution in [0.25, 0.3) is 0 Å². The zero-order valence-corrected chi connectivity index (χ0v) is 14.3. The van der Waals surface area contributed by atoms with Crippen molar-refractivity contribution in [1.29, 1.82) is 0 Å². The van der Waals surface area contributed by atoms with Gasteiger partial charge in [-0.05, 0) is 56.6 Å². The summed E-state index contributed by atoms with van der Waals surface area (Å²) in [5, 5.41) is 7.42. The number of nitrogens with one attached hydrogen (secondary N) is 2. The molecule has 2 aliphatic carbocycles. The number of benzene rings is 1. The van der Waals surface area contributed by atoms with Gasteiger partial charge in [0.05, 0.1) is 11.2 Å². The molecule has 4 rings (SSSR count). The van der Waals surface area contributed by atoms with E-state index in [9.17, 15) is 0 Å². The van der Waals surface area contributed by atoms with Crippen LogP contribution in [-0.2, 0) is 11.2 Å². The predicted molar refractivity (Wildman–Crippen MR) is 93.6 cm³/mol. The largest absolute Gasteiger partial charge is 0.366 e. The quantitative estimate of drug-likeness (QED) is 0.896. The Labute approximate surface area is 140 Å². The lowest BCUT2D eigenvalue weighted by Crippen LogP contribution is -2.58. The van der Waals surface area contributed by atoms with Crippen LogP contribution in [0.2, 0.25) is 0 Å². The molecule has 0 amide bonds. The Kier molecular flexibility index (Phi) is 4.21. The van der Waals surface area contributed by atoms with Gasteiger partial charge in [0.15, 0.2) is 0 Å². The molecule has 3 fully saturated rings. The van der Waals surface area contributed by atoms with Gasteiger partial charge in [0.25, 0.3) is 0 Å². The summed E-state index contributed by atoms with van der Waals surface area (Å²) in [7, 11) is 0. The van der Waals surface area contributed by atoms with Crippen LogP contribution in [0.1, 0.15) is 44.6 Å². The third-order valence-electron chi connectivity index (χ3n) is 6.27. The summed E-state index contributed by atoms with van der Waals surface area (Å²) in [5.74, 6) is 0.744. The molecule has 2 unspecified atom stereocenters. The zero-order chi connectivity index (χ0) is 15.8. The third-order valence-corrected chi connectivity index (χ3v) is 6.27. The van der Waals surface area contributed by atoms with E-state index in [1.807, 2.05) is 0 Å². The minimum Gasteiger partial charge on any atom is -0.366 e. The Hall–Kier alpha value is -0.900. The molecule has 0 aromatic heterocycles. The summed E-state index contributed by atoms with van der Waals surface area (Å²) in [6, 6.07) is 11.4. The van der Waals surface area contributed by atoms with E-state index < -0.39 is 0 Å². The lowest BCUT2D eigenvalue weighted by Gasteiger charge is -2.46. The molecule has 3 nitrogen and oxygen atoms in total. The summed E-state index contributed by atoms with van der Waals surface area (Å²) in [5.41, 5.74) is 1.74. The number of morpholine rings is 1. The van der Waals surface area contributed by atoms with Crippen molar-refractivity contribution >= 4 is 0 Å². The van der Waals surface area contributed by atoms with Crippen molar-refractivity contribution < 1.29 is 4.74 Å². The van der Waals surface area contributed by atoms with Crippen LogP contribution in [0.3, 0.4) is 0 Å². The van der Waals surface area contributed by atoms with Crippen molar-refractivity contribution in [2.24, 2.45) is 5.92 Å². The Morgan fingerprint density at radius 2 is 1.91 bits per heavy atom. The standard InChI is InChI=1S/C20H30N2O/c1-16-13-20(16)15-21-14-19(23-20)10-7-18(8-11-19)22-12-9-17-5-3-2-4-6-17/h2-6,16,18,21-22H,7-15H2,1H3. The average molecular weight is 314 g/mol. The van der Waals surface area contributed by atoms with Crippen molar-refractivity contribution in [3.05, 3.63) is 35.9 Å². The molecule has 126 valence electrons. The Morgan fingerprint density at radius 1 is 1.17 bits per heavy atom. The fraction of sp³-hybridized carbons (Fsp3) is 0.700. The van der Waals surface area contributed by atoms with Crippen LogP contribution < -0.4 is 10.6 Å². The van der Waals surface area contributed by atoms with Crippen LogP contribution in [0.4, 0.5) is 0 Å². The maximum Gasteiger partial charge on any atom is 0.0844 e. The molecule has 1 saturated heterocycles. The number of hydrogen-bond donors (Lipinski definition) is 2. The molecular formula is C20H30N2O. The van der Waals surface area contributed by atoms with Crippen molar-refractivity contribution in [2.45, 2.75) is 62.7 Å². The highest BCUT2D eigenvalue weighted by molar-refractivity contribution is 5.15. The Morgan fingerprint density at radius 3 is 2.61 bits per heavy atom. The van der Waals surface area contributed by atoms with Crippen LogP contribution in [0.15, 0.2) is 30.3 Å². The van der Waals surface area contributed by atoms with E-state index in [1.54, 1.807) is 0 Å². The van der Waals surface area contributed by atoms with E-state index in [2.05, 4.69) is 47.9 Å². The normalized spacial score (nSPS) is 39.7. The van der Waals surface area contributed by atoms with E-state index in [0.29, 0.717) is 6.04 Å². The van der Waals surface area contributed by atoms with E-state index in [4.69, 9.17) is 4.74 Å². The number of rotatable bonds is 4. The van der Waals surface area contributed by atoms with Gasteiger partial charge in [-0.3, -0.25) is 0 Å². The fourth-order valence-corrected chi connectivity index (χ4v) is 4.55. The van der Waals surface area contributed by atoms with Crippen molar-refractivity contribution in [2.75, 3.05) is 19.6 Å². The first-order valence-corrected chi connectivity index (χ1v) is 9.38. The molecular weight excluding hydrogens is 284 g/mol. The van der Waals surface area contributed by atoms with Gasteiger partial charge in [0.2, 0.25) is 0 Å². The summed E-state index contributed by atoms with van der Waals surface area (Å²) in [6.45, 7) is 5.53. The molecule has 0 radical (unpaired) electrons. The molecule has 2 N–H and O–H groups in total. The third kappa shape index (κ3) is 3.33. The second-order valence-electron chi connectivity index (χ2n) is 8.02. The Balaban J connectivity index is 1.23. The topological polar surface area (TPSA) is 33.3 Å². The summed E-state index contributed by atoms with van der Waals surface area (Å²) in [6.07, 6.45) is 7.29. The first-order valence-electron chi connectivity index (χ1n) is 9.38. The lowest BCUT2D eigenvalue weighted by atomic mass is 9.80.